The maximum absolute atomic E-state index is 12.3. The molecule has 0 unspecified atom stereocenters. The van der Waals surface area contributed by atoms with Crippen molar-refractivity contribution >= 4 is 35.4 Å². The zero-order chi connectivity index (χ0) is 29.3. The maximum atomic E-state index is 12.3. The molecule has 214 valence electrons. The Hall–Kier alpha value is -4.07. The van der Waals surface area contributed by atoms with Crippen LogP contribution >= 0.6 is 11.8 Å². The second-order valence-corrected chi connectivity index (χ2v) is 9.63. The van der Waals surface area contributed by atoms with E-state index in [1.165, 1.54) is 41.4 Å². The van der Waals surface area contributed by atoms with Crippen LogP contribution in [0.1, 0.15) is 43.1 Å². The van der Waals surface area contributed by atoms with E-state index < -0.39 is 24.1 Å². The number of anilines is 1. The van der Waals surface area contributed by atoms with Crippen LogP contribution in [0.3, 0.4) is 0 Å². The molecule has 3 aromatic rings. The van der Waals surface area contributed by atoms with Crippen molar-refractivity contribution in [3.8, 4) is 11.1 Å². The second kappa shape index (κ2) is 13.8. The minimum Gasteiger partial charge on any atom is -0.475 e. The number of nitrogens with zero attached hydrogens (tertiary/aromatic N) is 4. The van der Waals surface area contributed by atoms with E-state index in [0.29, 0.717) is 5.03 Å². The predicted octanol–water partition coefficient (Wildman–Crippen LogP) is 5.28. The van der Waals surface area contributed by atoms with E-state index in [0.717, 1.165) is 29.1 Å². The maximum Gasteiger partial charge on any atom is 0.490 e. The third kappa shape index (κ3) is 8.46. The van der Waals surface area contributed by atoms with Crippen LogP contribution in [0.4, 0.5) is 18.9 Å². The van der Waals surface area contributed by atoms with Crippen LogP contribution in [-0.4, -0.2) is 57.3 Å². The van der Waals surface area contributed by atoms with Gasteiger partial charge in [-0.2, -0.15) is 13.2 Å². The van der Waals surface area contributed by atoms with Gasteiger partial charge in [-0.3, -0.25) is 0 Å². The third-order valence-electron chi connectivity index (χ3n) is 5.72. The van der Waals surface area contributed by atoms with Gasteiger partial charge in [0.15, 0.2) is 10.7 Å². The molecule has 40 heavy (non-hydrogen) atoms. The number of hydrogen-bond acceptors (Lipinski definition) is 9. The summed E-state index contributed by atoms with van der Waals surface area (Å²) in [5, 5.41) is 15.4. The van der Waals surface area contributed by atoms with Crippen LogP contribution in [0.15, 0.2) is 58.5 Å². The largest absolute Gasteiger partial charge is 0.490 e. The molecule has 0 amide bonds. The number of benzene rings is 2. The molecule has 1 aliphatic heterocycles. The molecule has 2 aromatic carbocycles. The van der Waals surface area contributed by atoms with Crippen LogP contribution in [-0.2, 0) is 26.4 Å². The summed E-state index contributed by atoms with van der Waals surface area (Å²) in [5.41, 5.74) is 3.64. The molecule has 1 N–H and O–H groups in total. The Morgan fingerprint density at radius 3 is 2.02 bits per heavy atom. The van der Waals surface area contributed by atoms with Gasteiger partial charge < -0.3 is 10.0 Å². The fourth-order valence-corrected chi connectivity index (χ4v) is 4.54. The lowest BCUT2D eigenvalue weighted by atomic mass is 10.0. The van der Waals surface area contributed by atoms with Crippen molar-refractivity contribution in [2.75, 3.05) is 18.0 Å². The van der Waals surface area contributed by atoms with Crippen LogP contribution < -0.4 is 4.90 Å². The predicted molar refractivity (Wildman–Crippen MR) is 139 cm³/mol. The summed E-state index contributed by atoms with van der Waals surface area (Å²) in [5.74, 6) is -4.21. The molecule has 4 rings (SSSR count). The molecule has 10 nitrogen and oxygen atoms in total. The molecule has 0 saturated carbocycles. The molecule has 1 aromatic heterocycles. The van der Waals surface area contributed by atoms with E-state index >= 15 is 0 Å². The zero-order valence-electron chi connectivity index (χ0n) is 21.7. The Labute approximate surface area is 232 Å². The quantitative estimate of drug-likeness (QED) is 0.304. The highest BCUT2D eigenvalue weighted by molar-refractivity contribution is 7.99. The van der Waals surface area contributed by atoms with Crippen LogP contribution in [0, 0.1) is 0 Å². The van der Waals surface area contributed by atoms with Gasteiger partial charge in [0, 0.05) is 37.1 Å². The number of aryl methyl sites for hydroxylation is 1. The lowest BCUT2D eigenvalue weighted by molar-refractivity contribution is -0.233. The zero-order valence-corrected chi connectivity index (χ0v) is 22.5. The number of hydrogen-bond donors (Lipinski definition) is 1. The first kappa shape index (κ1) is 30.5. The van der Waals surface area contributed by atoms with Gasteiger partial charge in [-0.15, -0.1) is 5.10 Å². The highest BCUT2D eigenvalue weighted by Crippen LogP contribution is 2.31. The molecular formula is C26H27F3N4O6S. The van der Waals surface area contributed by atoms with E-state index in [1.54, 1.807) is 14.0 Å². The van der Waals surface area contributed by atoms with Gasteiger partial charge in [-0.05, 0) is 54.7 Å². The summed E-state index contributed by atoms with van der Waals surface area (Å²) < 4.78 is 33.0. The van der Waals surface area contributed by atoms with Gasteiger partial charge in [-0.25, -0.2) is 28.8 Å². The standard InChI is InChI=1S/C24H26N4O4S.C2HF3O2/c1-3-21(29)31-32-24(30)22-23(25-26-27(22)2)33-20-13-9-18(10-14-20)17-7-11-19(12-8-17)28-15-5-4-6-16-28;3-2(4,5)1(6)7/h7-14H,3-6,15-16H2,1-2H3;(H,6,7). The first-order valence-electron chi connectivity index (χ1n) is 12.2. The minimum absolute atomic E-state index is 0.103. The topological polar surface area (TPSA) is 124 Å². The number of halogens is 3. The van der Waals surface area contributed by atoms with Crippen molar-refractivity contribution in [1.82, 2.24) is 15.0 Å². The molecule has 0 spiro atoms. The summed E-state index contributed by atoms with van der Waals surface area (Å²) in [6, 6.07) is 16.7. The van der Waals surface area contributed by atoms with Gasteiger partial charge in [0.2, 0.25) is 0 Å². The van der Waals surface area contributed by atoms with Crippen molar-refractivity contribution in [1.29, 1.82) is 0 Å². The summed E-state index contributed by atoms with van der Waals surface area (Å²) in [4.78, 5) is 44.9. The summed E-state index contributed by atoms with van der Waals surface area (Å²) in [7, 11) is 1.58. The summed E-state index contributed by atoms with van der Waals surface area (Å²) >= 11 is 1.29. The van der Waals surface area contributed by atoms with E-state index in [9.17, 15) is 22.8 Å². The number of carboxylic acids is 1. The average molecular weight is 581 g/mol. The Bertz CT molecular complexity index is 1310. The third-order valence-corrected chi connectivity index (χ3v) is 6.70. The fraction of sp³-hybridized carbons (Fsp3) is 0.346. The van der Waals surface area contributed by atoms with Crippen LogP contribution in [0.2, 0.25) is 0 Å². The molecule has 0 radical (unpaired) electrons. The van der Waals surface area contributed by atoms with Crippen molar-refractivity contribution in [3.05, 3.63) is 54.2 Å². The van der Waals surface area contributed by atoms with Gasteiger partial charge in [0.1, 0.15) is 0 Å². The van der Waals surface area contributed by atoms with Gasteiger partial charge in [-0.1, -0.05) is 48.2 Å². The SMILES string of the molecule is CCC(=O)OOC(=O)c1c(Sc2ccc(-c3ccc(N4CCCCC4)cc3)cc2)nnn1C.O=C(O)C(F)(F)F. The number of carbonyl (C=O) groups is 3. The summed E-state index contributed by atoms with van der Waals surface area (Å²) in [6.07, 6.45) is -1.14. The van der Waals surface area contributed by atoms with Crippen molar-refractivity contribution in [3.63, 3.8) is 0 Å². The first-order valence-corrected chi connectivity index (χ1v) is 13.1. The molecule has 1 saturated heterocycles. The highest BCUT2D eigenvalue weighted by atomic mass is 32.2. The molecule has 14 heteroatoms. The van der Waals surface area contributed by atoms with Gasteiger partial charge >= 0.3 is 24.1 Å². The molecule has 1 aliphatic rings. The number of aliphatic carboxylic acids is 1. The molecule has 2 heterocycles. The number of alkyl halides is 3. The van der Waals surface area contributed by atoms with Crippen molar-refractivity contribution in [2.24, 2.45) is 7.05 Å². The number of carbonyl (C=O) groups excluding carboxylic acids is 2. The van der Waals surface area contributed by atoms with Gasteiger partial charge in [0.25, 0.3) is 0 Å². The normalized spacial score (nSPS) is 13.2. The second-order valence-electron chi connectivity index (χ2n) is 8.57. The molecule has 0 atom stereocenters. The number of piperidine rings is 1. The smallest absolute Gasteiger partial charge is 0.475 e. The Morgan fingerprint density at radius 1 is 0.950 bits per heavy atom. The van der Waals surface area contributed by atoms with Crippen molar-refractivity contribution in [2.45, 2.75) is 48.7 Å². The first-order chi connectivity index (χ1) is 19.0. The molecule has 1 fully saturated rings. The van der Waals surface area contributed by atoms with E-state index in [-0.39, 0.29) is 12.1 Å². The Kier molecular flexibility index (Phi) is 10.5. The Morgan fingerprint density at radius 2 is 1.50 bits per heavy atom. The van der Waals surface area contributed by atoms with Crippen LogP contribution in [0.5, 0.6) is 0 Å². The fourth-order valence-electron chi connectivity index (χ4n) is 3.65. The van der Waals surface area contributed by atoms with Crippen molar-refractivity contribution < 1.29 is 42.4 Å². The lowest BCUT2D eigenvalue weighted by Crippen LogP contribution is -2.29. The van der Waals surface area contributed by atoms with Crippen LogP contribution in [0.25, 0.3) is 11.1 Å². The lowest BCUT2D eigenvalue weighted by Gasteiger charge is -2.28. The van der Waals surface area contributed by atoms with E-state index in [2.05, 4.69) is 49.3 Å². The molecule has 0 bridgehead atoms. The molecular weight excluding hydrogens is 553 g/mol. The Balaban J connectivity index is 0.000000559. The average Bonchev–Trinajstić information content (AvgIpc) is 3.31. The number of rotatable bonds is 6. The number of carboxylic acid groups (broad SMARTS) is 1. The molecule has 0 aliphatic carbocycles. The van der Waals surface area contributed by atoms with E-state index in [4.69, 9.17) is 9.90 Å². The van der Waals surface area contributed by atoms with E-state index in [1.807, 2.05) is 24.3 Å². The highest BCUT2D eigenvalue weighted by Gasteiger charge is 2.38. The minimum atomic E-state index is -5.08. The van der Waals surface area contributed by atoms with Gasteiger partial charge in [0.05, 0.1) is 0 Å². The monoisotopic (exact) mass is 580 g/mol. The number of aromatic nitrogens is 3. The summed E-state index contributed by atoms with van der Waals surface area (Å²) in [6.45, 7) is 3.87.